The molecule has 1 N–H and O–H groups in total. The molecule has 0 aromatic heterocycles. The normalized spacial score (nSPS) is 19.3. The van der Waals surface area contributed by atoms with E-state index in [1.165, 1.54) is 5.57 Å². The Morgan fingerprint density at radius 2 is 1.88 bits per heavy atom. The number of allylic oxidation sites excluding steroid dienone is 2. The molecule has 1 aromatic rings. The van der Waals surface area contributed by atoms with Crippen molar-refractivity contribution in [3.05, 3.63) is 53.1 Å². The molecule has 0 spiro atoms. The molecule has 5 heteroatoms. The summed E-state index contributed by atoms with van der Waals surface area (Å²) >= 11 is 0. The number of imide groups is 1. The second kappa shape index (κ2) is 7.45. The molecule has 5 nitrogen and oxygen atoms in total. The lowest BCUT2D eigenvalue weighted by Crippen LogP contribution is -2.26. The largest absolute Gasteiger partial charge is 0.490 e. The van der Waals surface area contributed by atoms with Crippen LogP contribution in [0.15, 0.2) is 47.6 Å². The second-order valence-corrected chi connectivity index (χ2v) is 6.42. The molecule has 1 atom stereocenters. The van der Waals surface area contributed by atoms with Crippen molar-refractivity contribution in [3.8, 4) is 5.75 Å². The van der Waals surface area contributed by atoms with Crippen molar-refractivity contribution >= 4 is 11.8 Å². The monoisotopic (exact) mass is 329 g/mol. The number of amides is 2. The number of hydrogen-bond donors (Lipinski definition) is 1. The van der Waals surface area contributed by atoms with E-state index in [0.717, 1.165) is 0 Å². The van der Waals surface area contributed by atoms with Gasteiger partial charge >= 0.3 is 0 Å². The number of rotatable bonds is 5. The summed E-state index contributed by atoms with van der Waals surface area (Å²) < 4.78 is 5.59. The first-order valence-electron chi connectivity index (χ1n) is 7.96. The standard InChI is InChI=1S/C19H23NO4/c1-12(2)9-10-24-15-7-5-14(6-8-15)17-16(11-13(3)4)18(21)20(23)19(17)22/h5-9,11,13,17,23H,10H2,1-4H3/b16-11-/t17-/m0/s1. The van der Waals surface area contributed by atoms with Crippen LogP contribution in [0.3, 0.4) is 0 Å². The molecule has 2 amide bonds. The fraction of sp³-hybridized carbons (Fsp3) is 0.368. The molecule has 1 fully saturated rings. The van der Waals surface area contributed by atoms with Gasteiger partial charge in [-0.15, -0.1) is 0 Å². The molecule has 0 saturated carbocycles. The highest BCUT2D eigenvalue weighted by atomic mass is 16.5. The molecular formula is C19H23NO4. The van der Waals surface area contributed by atoms with E-state index in [1.54, 1.807) is 30.3 Å². The Bertz CT molecular complexity index is 682. The molecule has 1 aliphatic heterocycles. The third kappa shape index (κ3) is 3.92. The van der Waals surface area contributed by atoms with E-state index in [0.29, 0.717) is 23.5 Å². The smallest absolute Gasteiger partial charge is 0.281 e. The van der Waals surface area contributed by atoms with Crippen molar-refractivity contribution in [3.63, 3.8) is 0 Å². The van der Waals surface area contributed by atoms with Gasteiger partial charge in [0.15, 0.2) is 0 Å². The van der Waals surface area contributed by atoms with E-state index in [4.69, 9.17) is 4.74 Å². The Kier molecular flexibility index (Phi) is 5.57. The topological polar surface area (TPSA) is 66.8 Å². The van der Waals surface area contributed by atoms with Gasteiger partial charge in [0.2, 0.25) is 0 Å². The summed E-state index contributed by atoms with van der Waals surface area (Å²) in [5, 5.41) is 9.87. The predicted molar refractivity (Wildman–Crippen MR) is 90.7 cm³/mol. The van der Waals surface area contributed by atoms with Crippen LogP contribution in [0.25, 0.3) is 0 Å². The van der Waals surface area contributed by atoms with Crippen molar-refractivity contribution in [2.24, 2.45) is 5.92 Å². The van der Waals surface area contributed by atoms with Crippen LogP contribution in [0.1, 0.15) is 39.2 Å². The van der Waals surface area contributed by atoms with Gasteiger partial charge in [0.25, 0.3) is 11.8 Å². The van der Waals surface area contributed by atoms with E-state index in [-0.39, 0.29) is 11.0 Å². The van der Waals surface area contributed by atoms with Crippen LogP contribution in [0.5, 0.6) is 5.75 Å². The number of nitrogens with zero attached hydrogens (tertiary/aromatic N) is 1. The maximum absolute atomic E-state index is 12.2. The van der Waals surface area contributed by atoms with Crippen LogP contribution in [-0.4, -0.2) is 28.7 Å². The van der Waals surface area contributed by atoms with Gasteiger partial charge in [-0.2, -0.15) is 5.06 Å². The highest BCUT2D eigenvalue weighted by Crippen LogP contribution is 2.35. The Labute approximate surface area is 142 Å². The molecule has 128 valence electrons. The molecule has 1 aromatic carbocycles. The summed E-state index contributed by atoms with van der Waals surface area (Å²) in [6.45, 7) is 8.31. The quantitative estimate of drug-likeness (QED) is 0.389. The second-order valence-electron chi connectivity index (χ2n) is 6.42. The molecule has 0 unspecified atom stereocenters. The van der Waals surface area contributed by atoms with Crippen LogP contribution in [0, 0.1) is 5.92 Å². The van der Waals surface area contributed by atoms with E-state index in [1.807, 2.05) is 33.8 Å². The molecular weight excluding hydrogens is 306 g/mol. The van der Waals surface area contributed by atoms with Crippen molar-refractivity contribution in [2.75, 3.05) is 6.61 Å². The van der Waals surface area contributed by atoms with Crippen molar-refractivity contribution in [1.82, 2.24) is 5.06 Å². The minimum absolute atomic E-state index is 0.0948. The zero-order chi connectivity index (χ0) is 17.9. The lowest BCUT2D eigenvalue weighted by Gasteiger charge is -2.11. The molecule has 2 rings (SSSR count). The predicted octanol–water partition coefficient (Wildman–Crippen LogP) is 3.46. The lowest BCUT2D eigenvalue weighted by molar-refractivity contribution is -0.170. The third-order valence-corrected chi connectivity index (χ3v) is 3.67. The number of ether oxygens (including phenoxy) is 1. The van der Waals surface area contributed by atoms with Gasteiger partial charge in [-0.05, 0) is 43.5 Å². The Morgan fingerprint density at radius 3 is 2.42 bits per heavy atom. The first-order chi connectivity index (χ1) is 11.3. The molecule has 1 aliphatic rings. The zero-order valence-electron chi connectivity index (χ0n) is 14.4. The molecule has 1 saturated heterocycles. The maximum atomic E-state index is 12.2. The highest BCUT2D eigenvalue weighted by Gasteiger charge is 2.43. The van der Waals surface area contributed by atoms with E-state index < -0.39 is 17.7 Å². The summed E-state index contributed by atoms with van der Waals surface area (Å²) in [6, 6.07) is 7.03. The minimum Gasteiger partial charge on any atom is -0.490 e. The van der Waals surface area contributed by atoms with Crippen LogP contribution >= 0.6 is 0 Å². The first kappa shape index (κ1) is 17.9. The van der Waals surface area contributed by atoms with Crippen LogP contribution in [0.4, 0.5) is 0 Å². The summed E-state index contributed by atoms with van der Waals surface area (Å²) in [4.78, 5) is 24.3. The van der Waals surface area contributed by atoms with Crippen LogP contribution in [0.2, 0.25) is 0 Å². The Morgan fingerprint density at radius 1 is 1.25 bits per heavy atom. The Hall–Kier alpha value is -2.40. The average molecular weight is 329 g/mol. The van der Waals surface area contributed by atoms with E-state index in [9.17, 15) is 14.8 Å². The Balaban J connectivity index is 2.24. The summed E-state index contributed by atoms with van der Waals surface area (Å²) in [6.07, 6.45) is 3.69. The van der Waals surface area contributed by atoms with Gasteiger partial charge in [-0.1, -0.05) is 37.6 Å². The molecule has 0 radical (unpaired) electrons. The number of carbonyl (C=O) groups is 2. The third-order valence-electron chi connectivity index (χ3n) is 3.67. The molecule has 0 bridgehead atoms. The van der Waals surface area contributed by atoms with Gasteiger partial charge in [-0.25, -0.2) is 0 Å². The van der Waals surface area contributed by atoms with Crippen molar-refractivity contribution < 1.29 is 19.5 Å². The zero-order valence-corrected chi connectivity index (χ0v) is 14.4. The fourth-order valence-corrected chi connectivity index (χ4v) is 2.51. The molecule has 0 aliphatic carbocycles. The highest BCUT2D eigenvalue weighted by molar-refractivity contribution is 6.16. The molecule has 1 heterocycles. The van der Waals surface area contributed by atoms with Crippen LogP contribution < -0.4 is 4.74 Å². The van der Waals surface area contributed by atoms with Gasteiger partial charge in [0, 0.05) is 5.57 Å². The summed E-state index contributed by atoms with van der Waals surface area (Å²) in [5.74, 6) is -1.26. The number of carbonyl (C=O) groups excluding carboxylic acids is 2. The van der Waals surface area contributed by atoms with E-state index >= 15 is 0 Å². The average Bonchev–Trinajstić information content (AvgIpc) is 2.72. The van der Waals surface area contributed by atoms with Gasteiger partial charge in [0.05, 0.1) is 5.92 Å². The SMILES string of the molecule is CC(C)=CCOc1ccc([C@@H]2C(=O)N(O)C(=O)/C2=C\C(C)C)cc1. The van der Waals surface area contributed by atoms with Crippen molar-refractivity contribution in [2.45, 2.75) is 33.6 Å². The number of hydrogen-bond acceptors (Lipinski definition) is 4. The van der Waals surface area contributed by atoms with Gasteiger partial charge in [-0.3, -0.25) is 14.8 Å². The number of hydroxylamine groups is 2. The fourth-order valence-electron chi connectivity index (χ4n) is 2.51. The lowest BCUT2D eigenvalue weighted by atomic mass is 9.91. The van der Waals surface area contributed by atoms with Gasteiger partial charge < -0.3 is 4.74 Å². The number of benzene rings is 1. The summed E-state index contributed by atoms with van der Waals surface area (Å²) in [7, 11) is 0. The van der Waals surface area contributed by atoms with Crippen molar-refractivity contribution in [1.29, 1.82) is 0 Å². The summed E-state index contributed by atoms with van der Waals surface area (Å²) in [5.41, 5.74) is 2.15. The van der Waals surface area contributed by atoms with Gasteiger partial charge in [0.1, 0.15) is 12.4 Å². The maximum Gasteiger partial charge on any atom is 0.281 e. The first-order valence-corrected chi connectivity index (χ1v) is 7.96. The minimum atomic E-state index is -0.767. The van der Waals surface area contributed by atoms with E-state index in [2.05, 4.69) is 0 Å². The molecule has 24 heavy (non-hydrogen) atoms. The van der Waals surface area contributed by atoms with Crippen LogP contribution in [-0.2, 0) is 9.59 Å².